The fraction of sp³-hybridized carbons (Fsp3) is 0.321. The van der Waals surface area contributed by atoms with Crippen LogP contribution >= 0.6 is 12.2 Å². The quantitative estimate of drug-likeness (QED) is 0.420. The molecule has 5 rings (SSSR count). The molecular formula is C28H30N4O2S. The first-order valence-electron chi connectivity index (χ1n) is 12.1. The highest BCUT2D eigenvalue weighted by atomic mass is 32.1. The van der Waals surface area contributed by atoms with Crippen LogP contribution < -0.4 is 10.2 Å². The van der Waals surface area contributed by atoms with Gasteiger partial charge in [0.1, 0.15) is 12.2 Å². The van der Waals surface area contributed by atoms with Crippen molar-refractivity contribution in [3.05, 3.63) is 71.0 Å². The van der Waals surface area contributed by atoms with Crippen LogP contribution in [0.1, 0.15) is 42.9 Å². The summed E-state index contributed by atoms with van der Waals surface area (Å²) in [6.45, 7) is 7.29. The summed E-state index contributed by atoms with van der Waals surface area (Å²) in [5, 5.41) is 4.45. The Hall–Kier alpha value is -3.45. The maximum absolute atomic E-state index is 13.3. The van der Waals surface area contributed by atoms with Crippen LogP contribution in [-0.4, -0.2) is 39.0 Å². The molecule has 0 spiro atoms. The van der Waals surface area contributed by atoms with Crippen molar-refractivity contribution in [3.63, 3.8) is 0 Å². The maximum atomic E-state index is 13.3. The number of carbonyl (C=O) groups excluding carboxylic acids is 2. The van der Waals surface area contributed by atoms with Crippen molar-refractivity contribution in [1.29, 1.82) is 0 Å². The Morgan fingerprint density at radius 3 is 2.71 bits per heavy atom. The largest absolute Gasteiger partial charge is 0.338 e. The van der Waals surface area contributed by atoms with Crippen LogP contribution in [0.25, 0.3) is 17.0 Å². The van der Waals surface area contributed by atoms with E-state index in [4.69, 9.17) is 12.2 Å². The van der Waals surface area contributed by atoms with E-state index in [1.807, 2.05) is 78.1 Å². The summed E-state index contributed by atoms with van der Waals surface area (Å²) in [7, 11) is 0. The third kappa shape index (κ3) is 4.36. The number of hydrogen-bond donors (Lipinski definition) is 1. The standard InChI is InChI=1S/C28H30N4O2S/c1-18-11-12-22(14-19(18)2)32-27(34)24(29-28(32)35)15-21-16-30(25-10-5-4-9-23(21)25)17-26(33)31-13-7-6-8-20(31)3/h4-5,9-12,14-16,20H,6-8,13,17H2,1-3H3,(H,29,35)/b24-15-/t20-/m0/s1. The van der Waals surface area contributed by atoms with Gasteiger partial charge in [-0.3, -0.25) is 14.5 Å². The van der Waals surface area contributed by atoms with Crippen molar-refractivity contribution in [2.24, 2.45) is 0 Å². The lowest BCUT2D eigenvalue weighted by Gasteiger charge is -2.33. The molecule has 2 aliphatic rings. The first kappa shape index (κ1) is 23.3. The summed E-state index contributed by atoms with van der Waals surface area (Å²) >= 11 is 5.51. The second-order valence-electron chi connectivity index (χ2n) is 9.56. The highest BCUT2D eigenvalue weighted by Gasteiger charge is 2.32. The molecule has 0 unspecified atom stereocenters. The zero-order valence-electron chi connectivity index (χ0n) is 20.4. The summed E-state index contributed by atoms with van der Waals surface area (Å²) in [6, 6.07) is 14.1. The van der Waals surface area contributed by atoms with Gasteiger partial charge < -0.3 is 14.8 Å². The Bertz CT molecular complexity index is 1370. The summed E-state index contributed by atoms with van der Waals surface area (Å²) in [4.78, 5) is 30.0. The zero-order chi connectivity index (χ0) is 24.7. The molecule has 3 aromatic rings. The first-order valence-corrected chi connectivity index (χ1v) is 12.6. The number of nitrogens with zero attached hydrogens (tertiary/aromatic N) is 3. The number of amides is 2. The number of thiocarbonyl (C=S) groups is 1. The summed E-state index contributed by atoms with van der Waals surface area (Å²) in [6.07, 6.45) is 7.09. The third-order valence-electron chi connectivity index (χ3n) is 7.18. The molecule has 2 amide bonds. The predicted octanol–water partition coefficient (Wildman–Crippen LogP) is 4.92. The van der Waals surface area contributed by atoms with Crippen LogP contribution in [0, 0.1) is 13.8 Å². The number of rotatable bonds is 4. The lowest BCUT2D eigenvalue weighted by Crippen LogP contribution is -2.43. The van der Waals surface area contributed by atoms with Gasteiger partial charge in [0.2, 0.25) is 5.91 Å². The van der Waals surface area contributed by atoms with Crippen molar-refractivity contribution < 1.29 is 9.59 Å². The molecule has 0 aliphatic carbocycles. The second-order valence-corrected chi connectivity index (χ2v) is 9.95. The van der Waals surface area contributed by atoms with Gasteiger partial charge >= 0.3 is 0 Å². The number of fused-ring (bicyclic) bond motifs is 1. The molecule has 1 aromatic heterocycles. The van der Waals surface area contributed by atoms with Crippen LogP contribution in [-0.2, 0) is 16.1 Å². The van der Waals surface area contributed by atoms with Crippen LogP contribution in [0.15, 0.2) is 54.4 Å². The van der Waals surface area contributed by atoms with E-state index in [1.165, 1.54) is 11.3 Å². The van der Waals surface area contributed by atoms with Crippen LogP contribution in [0.4, 0.5) is 5.69 Å². The fourth-order valence-corrected chi connectivity index (χ4v) is 5.31. The number of carbonyl (C=O) groups is 2. The molecule has 2 aliphatic heterocycles. The molecule has 6 nitrogen and oxygen atoms in total. The van der Waals surface area contributed by atoms with Crippen LogP contribution in [0.3, 0.4) is 0 Å². The molecule has 0 bridgehead atoms. The van der Waals surface area contributed by atoms with Crippen molar-refractivity contribution in [2.75, 3.05) is 11.4 Å². The Labute approximate surface area is 211 Å². The van der Waals surface area contributed by atoms with E-state index in [-0.39, 0.29) is 24.4 Å². The van der Waals surface area contributed by atoms with Crippen LogP contribution in [0.5, 0.6) is 0 Å². The maximum Gasteiger partial charge on any atom is 0.281 e. The molecule has 1 atom stereocenters. The third-order valence-corrected chi connectivity index (χ3v) is 7.46. The van der Waals surface area contributed by atoms with Gasteiger partial charge in [-0.2, -0.15) is 0 Å². The highest BCUT2D eigenvalue weighted by molar-refractivity contribution is 7.80. The molecule has 2 fully saturated rings. The normalized spacial score (nSPS) is 19.6. The van der Waals surface area contributed by atoms with Gasteiger partial charge in [0.15, 0.2) is 5.11 Å². The van der Waals surface area contributed by atoms with E-state index >= 15 is 0 Å². The molecule has 180 valence electrons. The van der Waals surface area contributed by atoms with Gasteiger partial charge in [-0.1, -0.05) is 24.3 Å². The minimum absolute atomic E-state index is 0.134. The molecule has 0 saturated carbocycles. The Morgan fingerprint density at radius 2 is 1.94 bits per heavy atom. The molecular weight excluding hydrogens is 456 g/mol. The lowest BCUT2D eigenvalue weighted by molar-refractivity contribution is -0.135. The number of benzene rings is 2. The predicted molar refractivity (Wildman–Crippen MR) is 144 cm³/mol. The molecule has 2 aromatic carbocycles. The summed E-state index contributed by atoms with van der Waals surface area (Å²) in [5.74, 6) is -0.0531. The van der Waals surface area contributed by atoms with E-state index in [2.05, 4.69) is 12.2 Å². The topological polar surface area (TPSA) is 57.6 Å². The number of piperidine rings is 1. The molecule has 7 heteroatoms. The SMILES string of the molecule is Cc1ccc(N2C(=O)/C(=C/c3cn(CC(=O)N4CCCC[C@@H]4C)c4ccccc34)NC2=S)cc1C. The van der Waals surface area contributed by atoms with E-state index in [0.717, 1.165) is 52.7 Å². The van der Waals surface area contributed by atoms with Gasteiger partial charge in [0.25, 0.3) is 5.91 Å². The monoisotopic (exact) mass is 486 g/mol. The van der Waals surface area contributed by atoms with Gasteiger partial charge in [0, 0.05) is 35.2 Å². The number of nitrogens with one attached hydrogen (secondary N) is 1. The van der Waals surface area contributed by atoms with Gasteiger partial charge in [-0.05, 0) is 87.7 Å². The van der Waals surface area contributed by atoms with Crippen molar-refractivity contribution in [2.45, 2.75) is 52.6 Å². The number of aromatic nitrogens is 1. The first-order chi connectivity index (χ1) is 16.8. The van der Waals surface area contributed by atoms with Gasteiger partial charge in [0.05, 0.1) is 5.69 Å². The average Bonchev–Trinajstić information content (AvgIpc) is 3.32. The zero-order valence-corrected chi connectivity index (χ0v) is 21.2. The molecule has 0 radical (unpaired) electrons. The van der Waals surface area contributed by atoms with Crippen molar-refractivity contribution in [1.82, 2.24) is 14.8 Å². The fourth-order valence-electron chi connectivity index (χ4n) is 5.02. The molecule has 2 saturated heterocycles. The molecule has 1 N–H and O–H groups in total. The number of hydrogen-bond acceptors (Lipinski definition) is 3. The molecule has 35 heavy (non-hydrogen) atoms. The number of anilines is 1. The van der Waals surface area contributed by atoms with Gasteiger partial charge in [-0.25, -0.2) is 0 Å². The Kier molecular flexibility index (Phi) is 6.19. The summed E-state index contributed by atoms with van der Waals surface area (Å²) < 4.78 is 1.99. The van der Waals surface area contributed by atoms with E-state index in [9.17, 15) is 9.59 Å². The number of aryl methyl sites for hydroxylation is 2. The van der Waals surface area contributed by atoms with Crippen molar-refractivity contribution >= 4 is 51.8 Å². The van der Waals surface area contributed by atoms with Gasteiger partial charge in [-0.15, -0.1) is 0 Å². The Balaban J connectivity index is 1.46. The molecule has 3 heterocycles. The average molecular weight is 487 g/mol. The van der Waals surface area contributed by atoms with E-state index < -0.39 is 0 Å². The Morgan fingerprint density at radius 1 is 1.14 bits per heavy atom. The van der Waals surface area contributed by atoms with Crippen LogP contribution in [0.2, 0.25) is 0 Å². The van der Waals surface area contributed by atoms with E-state index in [1.54, 1.807) is 0 Å². The second kappa shape index (κ2) is 9.30. The van der Waals surface area contributed by atoms with E-state index in [0.29, 0.717) is 10.8 Å². The summed E-state index contributed by atoms with van der Waals surface area (Å²) in [5.41, 5.74) is 5.29. The minimum atomic E-state index is -0.187. The highest BCUT2D eigenvalue weighted by Crippen LogP contribution is 2.28. The lowest BCUT2D eigenvalue weighted by atomic mass is 10.0. The minimum Gasteiger partial charge on any atom is -0.338 e. The smallest absolute Gasteiger partial charge is 0.281 e. The number of likely N-dealkylation sites (tertiary alicyclic amines) is 1. The number of para-hydroxylation sites is 1. The van der Waals surface area contributed by atoms with Crippen molar-refractivity contribution in [3.8, 4) is 0 Å².